The van der Waals surface area contributed by atoms with Crippen LogP contribution >= 0.6 is 0 Å². The number of hydrogen-bond acceptors (Lipinski definition) is 6. The fourth-order valence-corrected chi connectivity index (χ4v) is 3.10. The maximum atomic E-state index is 9.17. The Morgan fingerprint density at radius 2 is 2.08 bits per heavy atom. The number of aromatic amines is 1. The van der Waals surface area contributed by atoms with E-state index < -0.39 is 0 Å². The van der Waals surface area contributed by atoms with E-state index in [0.717, 1.165) is 42.1 Å². The first-order chi connectivity index (χ1) is 11.8. The molecule has 0 fully saturated rings. The van der Waals surface area contributed by atoms with Crippen molar-refractivity contribution in [3.8, 4) is 0 Å². The maximum absolute atomic E-state index is 9.17. The maximum Gasteiger partial charge on any atom is 0.229 e. The number of nitrogens with zero attached hydrogens (tertiary/aromatic N) is 5. The molecule has 3 aromatic rings. The van der Waals surface area contributed by atoms with Crippen LogP contribution in [0.1, 0.15) is 11.3 Å². The molecule has 0 radical (unpaired) electrons. The fourth-order valence-electron chi connectivity index (χ4n) is 3.10. The van der Waals surface area contributed by atoms with Gasteiger partial charge in [-0.05, 0) is 5.56 Å². The lowest BCUT2D eigenvalue weighted by atomic mass is 10.1. The number of aliphatic hydroxyl groups is 1. The van der Waals surface area contributed by atoms with Gasteiger partial charge in [0.2, 0.25) is 5.95 Å². The Labute approximate surface area is 140 Å². The van der Waals surface area contributed by atoms with Crippen molar-refractivity contribution in [3.63, 3.8) is 0 Å². The second kappa shape index (κ2) is 6.09. The number of rotatable bonds is 5. The van der Waals surface area contributed by atoms with Gasteiger partial charge in [-0.15, -0.1) is 0 Å². The van der Waals surface area contributed by atoms with Gasteiger partial charge in [0, 0.05) is 33.1 Å². The van der Waals surface area contributed by atoms with Crippen molar-refractivity contribution in [1.82, 2.24) is 20.2 Å². The standard InChI is InChI=1S/C17H20N6O/c1-22(9-10-24)17-18-15-14-13(20-21-15)7-8-23(16(14)19-17)11-12-5-3-2-4-6-12/h2-6,24H,7-11H2,1H3,(H,18,19,20,21). The highest BCUT2D eigenvalue weighted by Crippen LogP contribution is 2.32. The summed E-state index contributed by atoms with van der Waals surface area (Å²) in [5.74, 6) is 1.51. The molecule has 1 aliphatic rings. The molecule has 1 aliphatic heterocycles. The summed E-state index contributed by atoms with van der Waals surface area (Å²) in [5, 5.41) is 17.6. The molecule has 0 atom stereocenters. The van der Waals surface area contributed by atoms with Crippen molar-refractivity contribution in [2.24, 2.45) is 0 Å². The second-order valence-corrected chi connectivity index (χ2v) is 6.04. The van der Waals surface area contributed by atoms with Gasteiger partial charge in [0.1, 0.15) is 5.82 Å². The predicted molar refractivity (Wildman–Crippen MR) is 93.2 cm³/mol. The number of aromatic nitrogens is 4. The van der Waals surface area contributed by atoms with Gasteiger partial charge >= 0.3 is 0 Å². The molecule has 7 nitrogen and oxygen atoms in total. The zero-order chi connectivity index (χ0) is 16.5. The Bertz CT molecular complexity index is 847. The molecule has 0 spiro atoms. The molecule has 2 N–H and O–H groups in total. The first kappa shape index (κ1) is 14.9. The van der Waals surface area contributed by atoms with Crippen LogP contribution in [0.4, 0.5) is 11.8 Å². The van der Waals surface area contributed by atoms with Gasteiger partial charge in [-0.1, -0.05) is 30.3 Å². The summed E-state index contributed by atoms with van der Waals surface area (Å²) in [6, 6.07) is 10.4. The van der Waals surface area contributed by atoms with Crippen LogP contribution < -0.4 is 9.80 Å². The zero-order valence-electron chi connectivity index (χ0n) is 13.6. The van der Waals surface area contributed by atoms with Crippen LogP contribution in [-0.4, -0.2) is 52.0 Å². The largest absolute Gasteiger partial charge is 0.395 e. The van der Waals surface area contributed by atoms with E-state index in [0.29, 0.717) is 12.5 Å². The number of aliphatic hydroxyl groups excluding tert-OH is 1. The van der Waals surface area contributed by atoms with Gasteiger partial charge in [-0.3, -0.25) is 5.10 Å². The van der Waals surface area contributed by atoms with Crippen LogP contribution in [0.25, 0.3) is 11.0 Å². The molecule has 0 saturated heterocycles. The number of likely N-dealkylation sites (N-methyl/N-ethyl adjacent to an activating group) is 1. The van der Waals surface area contributed by atoms with Crippen molar-refractivity contribution in [3.05, 3.63) is 41.6 Å². The summed E-state index contributed by atoms with van der Waals surface area (Å²) in [5.41, 5.74) is 3.04. The van der Waals surface area contributed by atoms with Gasteiger partial charge in [0.05, 0.1) is 17.7 Å². The molecule has 1 aromatic carbocycles. The molecule has 7 heteroatoms. The van der Waals surface area contributed by atoms with Gasteiger partial charge in [0.15, 0.2) is 5.65 Å². The third-order valence-electron chi connectivity index (χ3n) is 4.37. The third-order valence-corrected chi connectivity index (χ3v) is 4.37. The lowest BCUT2D eigenvalue weighted by Gasteiger charge is -2.28. The van der Waals surface area contributed by atoms with Crippen molar-refractivity contribution in [2.75, 3.05) is 36.5 Å². The molecule has 0 amide bonds. The van der Waals surface area contributed by atoms with Crippen molar-refractivity contribution < 1.29 is 5.11 Å². The first-order valence-electron chi connectivity index (χ1n) is 8.12. The number of hydrogen-bond donors (Lipinski definition) is 2. The summed E-state index contributed by atoms with van der Waals surface area (Å²) >= 11 is 0. The predicted octanol–water partition coefficient (Wildman–Crippen LogP) is 1.34. The quantitative estimate of drug-likeness (QED) is 0.737. The SMILES string of the molecule is CN(CCO)c1nc2c3c(n[nH]c3n1)CCN2Cc1ccccc1. The van der Waals surface area contributed by atoms with Crippen molar-refractivity contribution in [2.45, 2.75) is 13.0 Å². The molecule has 4 rings (SSSR count). The highest BCUT2D eigenvalue weighted by Gasteiger charge is 2.25. The smallest absolute Gasteiger partial charge is 0.229 e. The van der Waals surface area contributed by atoms with E-state index >= 15 is 0 Å². The van der Waals surface area contributed by atoms with Crippen LogP contribution in [0.5, 0.6) is 0 Å². The molecular formula is C17H20N6O. The summed E-state index contributed by atoms with van der Waals surface area (Å²) in [7, 11) is 1.88. The van der Waals surface area contributed by atoms with Crippen molar-refractivity contribution in [1.29, 1.82) is 0 Å². The summed E-state index contributed by atoms with van der Waals surface area (Å²) in [6.07, 6.45) is 0.884. The van der Waals surface area contributed by atoms with E-state index in [4.69, 9.17) is 4.98 Å². The summed E-state index contributed by atoms with van der Waals surface area (Å²) < 4.78 is 0. The molecule has 3 heterocycles. The van der Waals surface area contributed by atoms with E-state index in [1.165, 1.54) is 5.56 Å². The topological polar surface area (TPSA) is 81.2 Å². The third kappa shape index (κ3) is 2.56. The van der Waals surface area contributed by atoms with Crippen molar-refractivity contribution >= 4 is 22.8 Å². The highest BCUT2D eigenvalue weighted by molar-refractivity contribution is 5.91. The second-order valence-electron chi connectivity index (χ2n) is 6.04. The minimum absolute atomic E-state index is 0.0647. The van der Waals surface area contributed by atoms with Crippen LogP contribution in [-0.2, 0) is 13.0 Å². The molecular weight excluding hydrogens is 304 g/mol. The molecule has 0 bridgehead atoms. The number of benzene rings is 1. The van der Waals surface area contributed by atoms with E-state index in [1.807, 2.05) is 18.0 Å². The molecule has 124 valence electrons. The van der Waals surface area contributed by atoms with Crippen LogP contribution in [0, 0.1) is 0 Å². The first-order valence-corrected chi connectivity index (χ1v) is 8.12. The number of nitrogens with one attached hydrogen (secondary N) is 1. The highest BCUT2D eigenvalue weighted by atomic mass is 16.3. The Morgan fingerprint density at radius 1 is 1.25 bits per heavy atom. The average Bonchev–Trinajstić information content (AvgIpc) is 3.02. The average molecular weight is 324 g/mol. The minimum atomic E-state index is 0.0647. The Hall–Kier alpha value is -2.67. The Balaban J connectivity index is 1.76. The van der Waals surface area contributed by atoms with Crippen LogP contribution in [0.2, 0.25) is 0 Å². The lowest BCUT2D eigenvalue weighted by molar-refractivity contribution is 0.303. The van der Waals surface area contributed by atoms with E-state index in [1.54, 1.807) is 0 Å². The summed E-state index contributed by atoms with van der Waals surface area (Å²) in [6.45, 7) is 2.24. The minimum Gasteiger partial charge on any atom is -0.395 e. The number of H-pyrrole nitrogens is 1. The van der Waals surface area contributed by atoms with Gasteiger partial charge in [0.25, 0.3) is 0 Å². The van der Waals surface area contributed by atoms with Crippen LogP contribution in [0.15, 0.2) is 30.3 Å². The van der Waals surface area contributed by atoms with Gasteiger partial charge in [-0.25, -0.2) is 0 Å². The molecule has 0 aliphatic carbocycles. The fraction of sp³-hybridized carbons (Fsp3) is 0.353. The Morgan fingerprint density at radius 3 is 2.88 bits per heavy atom. The summed E-state index contributed by atoms with van der Waals surface area (Å²) in [4.78, 5) is 13.5. The molecule has 0 saturated carbocycles. The molecule has 2 aromatic heterocycles. The van der Waals surface area contributed by atoms with Crippen LogP contribution in [0.3, 0.4) is 0 Å². The monoisotopic (exact) mass is 324 g/mol. The zero-order valence-corrected chi connectivity index (χ0v) is 13.6. The van der Waals surface area contributed by atoms with E-state index in [2.05, 4.69) is 44.3 Å². The number of anilines is 2. The van der Waals surface area contributed by atoms with Gasteiger partial charge < -0.3 is 14.9 Å². The van der Waals surface area contributed by atoms with E-state index in [9.17, 15) is 5.11 Å². The Kier molecular flexibility index (Phi) is 3.78. The normalized spacial score (nSPS) is 13.5. The molecule has 0 unspecified atom stereocenters. The van der Waals surface area contributed by atoms with Gasteiger partial charge in [-0.2, -0.15) is 15.1 Å². The van der Waals surface area contributed by atoms with E-state index in [-0.39, 0.29) is 6.61 Å². The molecule has 24 heavy (non-hydrogen) atoms. The lowest BCUT2D eigenvalue weighted by Crippen LogP contribution is -2.31.